The summed E-state index contributed by atoms with van der Waals surface area (Å²) in [4.78, 5) is 13.0. The van der Waals surface area contributed by atoms with Gasteiger partial charge >= 0.3 is 0 Å². The normalized spacial score (nSPS) is 20.4. The van der Waals surface area contributed by atoms with Crippen LogP contribution in [0, 0.1) is 12.8 Å². The molecule has 0 aliphatic heterocycles. The van der Waals surface area contributed by atoms with Crippen LogP contribution in [0.5, 0.6) is 0 Å². The lowest BCUT2D eigenvalue weighted by molar-refractivity contribution is 0.0868. The number of aliphatic hydroxyl groups is 1. The molecule has 0 spiro atoms. The number of aliphatic hydroxyl groups excluding tert-OH is 1. The van der Waals surface area contributed by atoms with Gasteiger partial charge in [0.05, 0.1) is 5.52 Å². The van der Waals surface area contributed by atoms with E-state index in [9.17, 15) is 9.90 Å². The zero-order valence-electron chi connectivity index (χ0n) is 15.6. The highest BCUT2D eigenvalue weighted by Gasteiger charge is 2.27. The van der Waals surface area contributed by atoms with Crippen LogP contribution in [-0.2, 0) is 6.54 Å². The van der Waals surface area contributed by atoms with E-state index in [-0.39, 0.29) is 24.5 Å². The van der Waals surface area contributed by atoms with Gasteiger partial charge in [-0.05, 0) is 51.3 Å². The first kappa shape index (κ1) is 18.9. The highest BCUT2D eigenvalue weighted by atomic mass is 16.3. The van der Waals surface area contributed by atoms with Gasteiger partial charge in [0.25, 0.3) is 5.91 Å². The van der Waals surface area contributed by atoms with Crippen molar-refractivity contribution in [1.82, 2.24) is 15.1 Å². The Morgan fingerprint density at radius 3 is 2.92 bits per heavy atom. The summed E-state index contributed by atoms with van der Waals surface area (Å²) in [5.41, 5.74) is 8.18. The smallest absolute Gasteiger partial charge is 0.272 e. The van der Waals surface area contributed by atoms with Gasteiger partial charge in [0, 0.05) is 30.5 Å². The van der Waals surface area contributed by atoms with Gasteiger partial charge in [0.1, 0.15) is 0 Å². The molecule has 3 rings (SSSR count). The van der Waals surface area contributed by atoms with Crippen LogP contribution in [0.4, 0.5) is 0 Å². The Balaban J connectivity index is 1.85. The first-order valence-corrected chi connectivity index (χ1v) is 9.73. The maximum absolute atomic E-state index is 13.0. The fourth-order valence-corrected chi connectivity index (χ4v) is 3.89. The van der Waals surface area contributed by atoms with Crippen LogP contribution in [0.15, 0.2) is 18.2 Å². The first-order valence-electron chi connectivity index (χ1n) is 9.73. The van der Waals surface area contributed by atoms with Gasteiger partial charge in [-0.25, -0.2) is 0 Å². The molecule has 1 heterocycles. The van der Waals surface area contributed by atoms with E-state index < -0.39 is 0 Å². The minimum atomic E-state index is -0.136. The summed E-state index contributed by atoms with van der Waals surface area (Å²) in [6.45, 7) is 3.57. The number of rotatable bonds is 7. The van der Waals surface area contributed by atoms with Crippen molar-refractivity contribution >= 4 is 16.8 Å². The van der Waals surface area contributed by atoms with E-state index in [1.807, 2.05) is 29.8 Å². The number of carbonyl (C=O) groups is 1. The van der Waals surface area contributed by atoms with Crippen molar-refractivity contribution in [2.24, 2.45) is 11.7 Å². The molecule has 1 saturated carbocycles. The average molecular weight is 358 g/mol. The quantitative estimate of drug-likeness (QED) is 0.663. The molecule has 2 aromatic rings. The zero-order valence-corrected chi connectivity index (χ0v) is 15.6. The van der Waals surface area contributed by atoms with Crippen LogP contribution in [0.3, 0.4) is 0 Å². The number of aromatic nitrogens is 2. The van der Waals surface area contributed by atoms with Gasteiger partial charge in [0.15, 0.2) is 5.69 Å². The summed E-state index contributed by atoms with van der Waals surface area (Å²) in [5, 5.41) is 18.2. The number of amides is 1. The van der Waals surface area contributed by atoms with Crippen LogP contribution in [0.1, 0.15) is 54.6 Å². The van der Waals surface area contributed by atoms with Crippen molar-refractivity contribution in [2.75, 3.05) is 13.2 Å². The van der Waals surface area contributed by atoms with Gasteiger partial charge < -0.3 is 16.2 Å². The summed E-state index contributed by atoms with van der Waals surface area (Å²) in [6, 6.07) is 6.15. The number of nitrogens with one attached hydrogen (secondary N) is 1. The third kappa shape index (κ3) is 4.07. The predicted molar refractivity (Wildman–Crippen MR) is 103 cm³/mol. The van der Waals surface area contributed by atoms with Gasteiger partial charge in [-0.15, -0.1) is 0 Å². The molecule has 0 bridgehead atoms. The molecular formula is C20H30N4O2. The van der Waals surface area contributed by atoms with Crippen molar-refractivity contribution in [1.29, 1.82) is 0 Å². The highest BCUT2D eigenvalue weighted by Crippen LogP contribution is 2.25. The molecule has 1 aromatic heterocycles. The molecule has 1 amide bonds. The molecule has 1 aliphatic carbocycles. The molecule has 6 nitrogen and oxygen atoms in total. The van der Waals surface area contributed by atoms with E-state index in [2.05, 4.69) is 10.4 Å². The third-order valence-corrected chi connectivity index (χ3v) is 5.41. The average Bonchev–Trinajstić information content (AvgIpc) is 3.00. The molecule has 1 aromatic carbocycles. The Morgan fingerprint density at radius 2 is 2.15 bits per heavy atom. The Kier molecular flexibility index (Phi) is 6.27. The van der Waals surface area contributed by atoms with E-state index in [1.165, 1.54) is 0 Å². The second-order valence-corrected chi connectivity index (χ2v) is 7.40. The number of aryl methyl sites for hydroxylation is 2. The summed E-state index contributed by atoms with van der Waals surface area (Å²) in [7, 11) is 0. The Morgan fingerprint density at radius 1 is 1.35 bits per heavy atom. The number of hydrogen-bond acceptors (Lipinski definition) is 4. The Bertz CT molecular complexity index is 756. The summed E-state index contributed by atoms with van der Waals surface area (Å²) in [5.74, 6) is 0.0101. The number of unbranched alkanes of at least 4 members (excludes halogenated alkanes) is 1. The molecule has 142 valence electrons. The standard InChI is InChI=1S/C20H30N4O2/c1-14-8-9-18-16(12-14)19(23-24(18)11-5-4-10-21)20(26)22-17-7-3-2-6-15(17)13-25/h8-9,12,15,17,25H,2-7,10-11,13,21H2,1H3,(H,22,26)/t15-,17?/m0/s1. The monoisotopic (exact) mass is 358 g/mol. The van der Waals surface area contributed by atoms with Gasteiger partial charge in [-0.3, -0.25) is 9.48 Å². The number of fused-ring (bicyclic) bond motifs is 1. The molecule has 26 heavy (non-hydrogen) atoms. The van der Waals surface area contributed by atoms with E-state index in [1.54, 1.807) is 0 Å². The molecule has 4 N–H and O–H groups in total. The van der Waals surface area contributed by atoms with Crippen molar-refractivity contribution in [2.45, 2.75) is 58.0 Å². The second kappa shape index (κ2) is 8.64. The van der Waals surface area contributed by atoms with E-state index in [0.29, 0.717) is 12.2 Å². The number of nitrogens with two attached hydrogens (primary N) is 1. The van der Waals surface area contributed by atoms with Gasteiger partial charge in [-0.2, -0.15) is 5.10 Å². The van der Waals surface area contributed by atoms with Gasteiger partial charge in [-0.1, -0.05) is 24.5 Å². The number of benzene rings is 1. The molecule has 1 aliphatic rings. The highest BCUT2D eigenvalue weighted by molar-refractivity contribution is 6.05. The minimum absolute atomic E-state index is 0.0310. The van der Waals surface area contributed by atoms with Crippen molar-refractivity contribution < 1.29 is 9.90 Å². The lowest BCUT2D eigenvalue weighted by atomic mass is 9.85. The second-order valence-electron chi connectivity index (χ2n) is 7.40. The fraction of sp³-hybridized carbons (Fsp3) is 0.600. The molecular weight excluding hydrogens is 328 g/mol. The Hall–Kier alpha value is -1.92. The van der Waals surface area contributed by atoms with E-state index >= 15 is 0 Å². The summed E-state index contributed by atoms with van der Waals surface area (Å²) in [6.07, 6.45) is 5.98. The zero-order chi connectivity index (χ0) is 18.5. The number of hydrogen-bond donors (Lipinski definition) is 3. The van der Waals surface area contributed by atoms with Crippen LogP contribution in [0.2, 0.25) is 0 Å². The molecule has 0 saturated heterocycles. The van der Waals surface area contributed by atoms with Gasteiger partial charge in [0.2, 0.25) is 0 Å². The van der Waals surface area contributed by atoms with Crippen molar-refractivity contribution in [3.05, 3.63) is 29.5 Å². The van der Waals surface area contributed by atoms with Crippen LogP contribution in [0.25, 0.3) is 10.9 Å². The van der Waals surface area contributed by atoms with Crippen LogP contribution in [-0.4, -0.2) is 40.0 Å². The van der Waals surface area contributed by atoms with Crippen LogP contribution >= 0.6 is 0 Å². The number of carbonyl (C=O) groups excluding carboxylic acids is 1. The topological polar surface area (TPSA) is 93.2 Å². The van der Waals surface area contributed by atoms with E-state index in [0.717, 1.165) is 61.5 Å². The third-order valence-electron chi connectivity index (χ3n) is 5.41. The lowest BCUT2D eigenvalue weighted by Crippen LogP contribution is -2.43. The number of nitrogens with zero attached hydrogens (tertiary/aromatic N) is 2. The largest absolute Gasteiger partial charge is 0.396 e. The van der Waals surface area contributed by atoms with Crippen LogP contribution < -0.4 is 11.1 Å². The molecule has 6 heteroatoms. The molecule has 2 atom stereocenters. The predicted octanol–water partition coefficient (Wildman–Crippen LogP) is 2.36. The SMILES string of the molecule is Cc1ccc2c(c1)c(C(=O)NC1CCCC[C@H]1CO)nn2CCCCN. The maximum Gasteiger partial charge on any atom is 0.272 e. The van der Waals surface area contributed by atoms with E-state index in [4.69, 9.17) is 5.73 Å². The summed E-state index contributed by atoms with van der Waals surface area (Å²) < 4.78 is 1.92. The molecule has 1 unspecified atom stereocenters. The summed E-state index contributed by atoms with van der Waals surface area (Å²) >= 11 is 0. The lowest BCUT2D eigenvalue weighted by Gasteiger charge is -2.30. The molecule has 0 radical (unpaired) electrons. The first-order chi connectivity index (χ1) is 12.6. The minimum Gasteiger partial charge on any atom is -0.396 e. The fourth-order valence-electron chi connectivity index (χ4n) is 3.89. The van der Waals surface area contributed by atoms with Crippen molar-refractivity contribution in [3.8, 4) is 0 Å². The van der Waals surface area contributed by atoms with Crippen molar-refractivity contribution in [3.63, 3.8) is 0 Å². The Labute approximate surface area is 154 Å². The molecule has 1 fully saturated rings. The maximum atomic E-state index is 13.0.